The lowest BCUT2D eigenvalue weighted by Crippen LogP contribution is -2.23. The van der Waals surface area contributed by atoms with Crippen LogP contribution in [-0.4, -0.2) is 18.4 Å². The number of thiocarbonyl (C=S) groups is 1. The van der Waals surface area contributed by atoms with Gasteiger partial charge >= 0.3 is 0 Å². The summed E-state index contributed by atoms with van der Waals surface area (Å²) in [4.78, 5) is 0. The van der Waals surface area contributed by atoms with Crippen molar-refractivity contribution in [3.8, 4) is 5.75 Å². The Kier molecular flexibility index (Phi) is 6.32. The van der Waals surface area contributed by atoms with Crippen molar-refractivity contribution in [1.82, 2.24) is 5.43 Å². The molecule has 0 saturated carbocycles. The summed E-state index contributed by atoms with van der Waals surface area (Å²) in [7, 11) is 1.63. The van der Waals surface area contributed by atoms with Gasteiger partial charge in [0.2, 0.25) is 0 Å². The van der Waals surface area contributed by atoms with Crippen LogP contribution in [0.4, 0.5) is 5.69 Å². The van der Waals surface area contributed by atoms with Crippen LogP contribution in [0.25, 0.3) is 6.08 Å². The number of hydrogen-bond acceptors (Lipinski definition) is 3. The summed E-state index contributed by atoms with van der Waals surface area (Å²) >= 11 is 5.20. The van der Waals surface area contributed by atoms with Crippen molar-refractivity contribution in [3.05, 3.63) is 65.7 Å². The molecule has 0 aliphatic heterocycles. The van der Waals surface area contributed by atoms with E-state index in [2.05, 4.69) is 15.8 Å². The summed E-state index contributed by atoms with van der Waals surface area (Å²) in [6, 6.07) is 17.6. The van der Waals surface area contributed by atoms with E-state index in [1.165, 1.54) is 0 Å². The molecule has 0 aromatic heterocycles. The molecule has 23 heavy (non-hydrogen) atoms. The van der Waals surface area contributed by atoms with Crippen molar-refractivity contribution in [3.63, 3.8) is 0 Å². The molecule has 0 aliphatic rings. The molecule has 0 atom stereocenters. The normalized spacial score (nSPS) is 11.3. The molecule has 2 N–H and O–H groups in total. The number of methoxy groups -OCH3 is 1. The fraction of sp³-hybridized carbons (Fsp3) is 0.111. The molecule has 0 saturated heterocycles. The van der Waals surface area contributed by atoms with Crippen LogP contribution in [0, 0.1) is 0 Å². The van der Waals surface area contributed by atoms with Crippen molar-refractivity contribution in [2.24, 2.45) is 5.10 Å². The zero-order valence-corrected chi connectivity index (χ0v) is 13.9. The molecule has 0 spiro atoms. The smallest absolute Gasteiger partial charge is 0.191 e. The third-order valence-corrected chi connectivity index (χ3v) is 3.15. The largest absolute Gasteiger partial charge is 0.497 e. The summed E-state index contributed by atoms with van der Waals surface area (Å²) in [5.74, 6) is 0.767. The van der Waals surface area contributed by atoms with E-state index < -0.39 is 0 Å². The summed E-state index contributed by atoms with van der Waals surface area (Å²) in [5, 5.41) is 7.59. The Balaban J connectivity index is 1.87. The van der Waals surface area contributed by atoms with Gasteiger partial charge in [0.1, 0.15) is 5.75 Å². The Morgan fingerprint density at radius 2 is 1.91 bits per heavy atom. The topological polar surface area (TPSA) is 45.6 Å². The number of nitrogens with one attached hydrogen (secondary N) is 2. The van der Waals surface area contributed by atoms with E-state index in [0.717, 1.165) is 22.6 Å². The summed E-state index contributed by atoms with van der Waals surface area (Å²) in [6.45, 7) is 1.98. The lowest BCUT2D eigenvalue weighted by molar-refractivity contribution is 0.415. The molecule has 2 aromatic carbocycles. The predicted molar refractivity (Wildman–Crippen MR) is 101 cm³/mol. The van der Waals surface area contributed by atoms with Crippen LogP contribution in [0.15, 0.2) is 65.3 Å². The second kappa shape index (κ2) is 8.70. The first kappa shape index (κ1) is 16.7. The van der Waals surface area contributed by atoms with E-state index in [4.69, 9.17) is 17.0 Å². The molecular formula is C18H19N3OS. The van der Waals surface area contributed by atoms with Crippen LogP contribution in [0.5, 0.6) is 5.75 Å². The van der Waals surface area contributed by atoms with Crippen LogP contribution in [-0.2, 0) is 0 Å². The molecule has 4 nitrogen and oxygen atoms in total. The molecule has 0 unspecified atom stereocenters. The molecule has 5 heteroatoms. The highest BCUT2D eigenvalue weighted by Gasteiger charge is 1.98. The second-order valence-electron chi connectivity index (χ2n) is 4.86. The first-order valence-corrected chi connectivity index (χ1v) is 7.55. The molecule has 2 aromatic rings. The molecular weight excluding hydrogens is 306 g/mol. The Labute approximate surface area is 141 Å². The molecule has 0 fully saturated rings. The zero-order valence-electron chi connectivity index (χ0n) is 13.1. The third kappa shape index (κ3) is 5.92. The Hall–Kier alpha value is -2.66. The van der Waals surface area contributed by atoms with E-state index in [9.17, 15) is 0 Å². The zero-order chi connectivity index (χ0) is 16.5. The fourth-order valence-corrected chi connectivity index (χ4v) is 2.07. The van der Waals surface area contributed by atoms with Gasteiger partial charge in [-0.25, -0.2) is 0 Å². The van der Waals surface area contributed by atoms with Crippen LogP contribution >= 0.6 is 12.2 Å². The molecule has 0 bridgehead atoms. The van der Waals surface area contributed by atoms with Gasteiger partial charge in [-0.3, -0.25) is 5.43 Å². The minimum absolute atomic E-state index is 0.419. The quantitative estimate of drug-likeness (QED) is 0.494. The molecule has 2 rings (SSSR count). The van der Waals surface area contributed by atoms with Gasteiger partial charge < -0.3 is 10.1 Å². The second-order valence-corrected chi connectivity index (χ2v) is 5.26. The van der Waals surface area contributed by atoms with Crippen molar-refractivity contribution in [1.29, 1.82) is 0 Å². The molecule has 0 radical (unpaired) electrons. The van der Waals surface area contributed by atoms with Gasteiger partial charge in [0.25, 0.3) is 0 Å². The van der Waals surface area contributed by atoms with Gasteiger partial charge in [0, 0.05) is 11.8 Å². The Morgan fingerprint density at radius 1 is 1.13 bits per heavy atom. The Morgan fingerprint density at radius 3 is 2.65 bits per heavy atom. The van der Waals surface area contributed by atoms with E-state index in [0.29, 0.717) is 5.11 Å². The highest BCUT2D eigenvalue weighted by atomic mass is 32.1. The number of nitrogens with zero attached hydrogens (tertiary/aromatic N) is 1. The van der Waals surface area contributed by atoms with E-state index in [1.54, 1.807) is 13.3 Å². The van der Waals surface area contributed by atoms with Crippen molar-refractivity contribution in [2.75, 3.05) is 12.4 Å². The van der Waals surface area contributed by atoms with Crippen molar-refractivity contribution in [2.45, 2.75) is 6.92 Å². The average Bonchev–Trinajstić information content (AvgIpc) is 2.56. The van der Waals surface area contributed by atoms with Gasteiger partial charge in [0.05, 0.1) is 13.3 Å². The van der Waals surface area contributed by atoms with Gasteiger partial charge in [-0.15, -0.1) is 0 Å². The number of rotatable bonds is 5. The average molecular weight is 325 g/mol. The van der Waals surface area contributed by atoms with Gasteiger partial charge in [-0.1, -0.05) is 42.5 Å². The maximum atomic E-state index is 5.20. The number of anilines is 1. The number of hydrazone groups is 1. The molecule has 0 aliphatic carbocycles. The van der Waals surface area contributed by atoms with E-state index in [-0.39, 0.29) is 0 Å². The van der Waals surface area contributed by atoms with Crippen LogP contribution < -0.4 is 15.5 Å². The summed E-state index contributed by atoms with van der Waals surface area (Å²) in [6.07, 6.45) is 3.77. The maximum Gasteiger partial charge on any atom is 0.191 e. The van der Waals surface area contributed by atoms with Crippen molar-refractivity contribution < 1.29 is 4.74 Å². The van der Waals surface area contributed by atoms with Gasteiger partial charge in [-0.2, -0.15) is 5.10 Å². The van der Waals surface area contributed by atoms with Gasteiger partial charge in [-0.05, 0) is 42.4 Å². The minimum Gasteiger partial charge on any atom is -0.497 e. The first-order chi connectivity index (χ1) is 11.2. The van der Waals surface area contributed by atoms with Crippen LogP contribution in [0.3, 0.4) is 0 Å². The minimum atomic E-state index is 0.419. The number of allylic oxidation sites excluding steroid dienone is 1. The lowest BCUT2D eigenvalue weighted by atomic mass is 10.1. The lowest BCUT2D eigenvalue weighted by Gasteiger charge is -2.08. The number of hydrogen-bond donors (Lipinski definition) is 2. The van der Waals surface area contributed by atoms with E-state index >= 15 is 0 Å². The monoisotopic (exact) mass is 325 g/mol. The molecule has 0 heterocycles. The maximum absolute atomic E-state index is 5.20. The summed E-state index contributed by atoms with van der Waals surface area (Å²) in [5.41, 5.74) is 5.79. The van der Waals surface area contributed by atoms with E-state index in [1.807, 2.05) is 67.6 Å². The third-order valence-electron chi connectivity index (χ3n) is 2.96. The predicted octanol–water partition coefficient (Wildman–Crippen LogP) is 4.07. The van der Waals surface area contributed by atoms with Crippen molar-refractivity contribution >= 4 is 35.3 Å². The number of benzene rings is 2. The Bertz CT molecular complexity index is 711. The first-order valence-electron chi connectivity index (χ1n) is 7.15. The van der Waals surface area contributed by atoms with Crippen LogP contribution in [0.1, 0.15) is 12.5 Å². The fourth-order valence-electron chi connectivity index (χ4n) is 1.90. The highest BCUT2D eigenvalue weighted by molar-refractivity contribution is 7.80. The van der Waals surface area contributed by atoms with Gasteiger partial charge in [0.15, 0.2) is 5.11 Å². The standard InChI is InChI=1S/C18H19N3OS/c1-14(11-15-7-4-3-5-8-15)13-19-21-18(23)20-16-9-6-10-17(12-16)22-2/h3-13H,1-2H3,(H2,20,21,23)/b14-11+,19-13+. The summed E-state index contributed by atoms with van der Waals surface area (Å²) < 4.78 is 5.16. The highest BCUT2D eigenvalue weighted by Crippen LogP contribution is 2.16. The van der Waals surface area contributed by atoms with Crippen LogP contribution in [0.2, 0.25) is 0 Å². The molecule has 118 valence electrons. The number of ether oxygens (including phenoxy) is 1. The molecule has 0 amide bonds. The SMILES string of the molecule is COc1cccc(NC(=S)N/N=C/C(C)=C/c2ccccc2)c1.